The molecule has 0 amide bonds. The molecule has 0 aliphatic heterocycles. The van der Waals surface area contributed by atoms with Crippen LogP contribution in [0.3, 0.4) is 0 Å². The van der Waals surface area contributed by atoms with Crippen LogP contribution in [-0.4, -0.2) is 13.1 Å². The number of rotatable bonds is 9. The van der Waals surface area contributed by atoms with Gasteiger partial charge < -0.3 is 0 Å². The first-order valence-corrected chi connectivity index (χ1v) is 9.67. The zero-order valence-corrected chi connectivity index (χ0v) is 11.9. The van der Waals surface area contributed by atoms with Crippen LogP contribution in [0.4, 0.5) is 0 Å². The second kappa shape index (κ2) is 8.08. The van der Waals surface area contributed by atoms with Crippen LogP contribution in [-0.2, 0) is 23.6 Å². The maximum absolute atomic E-state index is 5.23. The highest BCUT2D eigenvalue weighted by atomic mass is 32.5. The summed E-state index contributed by atoms with van der Waals surface area (Å²) in [5.74, 6) is 20.9. The molecule has 10 nitrogen and oxygen atoms in total. The fourth-order valence-corrected chi connectivity index (χ4v) is 2.60. The molecule has 0 atom stereocenters. The highest BCUT2D eigenvalue weighted by Crippen LogP contribution is 2.27. The minimum Gasteiger partial charge on any atom is -0.265 e. The lowest BCUT2D eigenvalue weighted by Crippen LogP contribution is -2.43. The summed E-state index contributed by atoms with van der Waals surface area (Å²) in [5.41, 5.74) is 0. The molecule has 0 heterocycles. The monoisotopic (exact) mass is 308 g/mol. The van der Waals surface area contributed by atoms with Gasteiger partial charge in [0.05, 0.1) is 0 Å². The van der Waals surface area contributed by atoms with Crippen molar-refractivity contribution in [1.29, 1.82) is 0 Å². The Labute approximate surface area is 104 Å². The van der Waals surface area contributed by atoms with Gasteiger partial charge in [-0.25, -0.2) is 20.8 Å². The number of hydrogen-bond acceptors (Lipinski definition) is 6. The van der Waals surface area contributed by atoms with E-state index in [2.05, 4.69) is 31.0 Å². The Kier molecular flexibility index (Phi) is 8.54. The van der Waals surface area contributed by atoms with Gasteiger partial charge in [-0.1, -0.05) is 0 Å². The van der Waals surface area contributed by atoms with Crippen molar-refractivity contribution in [2.24, 2.45) is 23.4 Å². The highest BCUT2D eigenvalue weighted by Gasteiger charge is 2.13. The molecule has 0 aromatic carbocycles. The fourth-order valence-electron chi connectivity index (χ4n) is 0.684. The van der Waals surface area contributed by atoms with Gasteiger partial charge in [0.1, 0.15) is 0 Å². The molecular formula is C2H18N10P2S2. The molecule has 0 unspecified atom stereocenters. The van der Waals surface area contributed by atoms with Crippen molar-refractivity contribution >= 4 is 36.6 Å². The minimum atomic E-state index is -2.31. The van der Waals surface area contributed by atoms with Gasteiger partial charge in [0.25, 0.3) is 0 Å². The van der Waals surface area contributed by atoms with Gasteiger partial charge in [-0.2, -0.15) is 0 Å². The summed E-state index contributed by atoms with van der Waals surface area (Å²) in [6.45, 7) is -3.63. The van der Waals surface area contributed by atoms with Gasteiger partial charge >= 0.3 is 0 Å². The van der Waals surface area contributed by atoms with Gasteiger partial charge in [-0.3, -0.25) is 33.5 Å². The van der Waals surface area contributed by atoms with Crippen molar-refractivity contribution in [3.8, 4) is 0 Å². The molecule has 0 rings (SSSR count). The molecule has 14 heteroatoms. The second-order valence-electron chi connectivity index (χ2n) is 2.55. The Bertz CT molecular complexity index is 238. The van der Waals surface area contributed by atoms with E-state index in [0.717, 1.165) is 0 Å². The first-order chi connectivity index (χ1) is 7.45. The largest absolute Gasteiger partial charge is 0.265 e. The highest BCUT2D eigenvalue weighted by molar-refractivity contribution is 8.12. The summed E-state index contributed by atoms with van der Waals surface area (Å²) in [5, 5.41) is 15.5. The number of hydrogen-bond donors (Lipinski definition) is 10. The van der Waals surface area contributed by atoms with E-state index in [4.69, 9.17) is 47.0 Å². The first-order valence-electron chi connectivity index (χ1n) is 4.07. The smallest absolute Gasteiger partial charge is 0.163 e. The summed E-state index contributed by atoms with van der Waals surface area (Å²) in [4.78, 5) is 0. The third kappa shape index (κ3) is 6.00. The number of nitrogens with two attached hydrogens (primary N) is 4. The standard InChI is InChI=1S/C2H18N10P2S2/c3-9-13(15,10-4)7-1-2-8-14(16,11-5)12-6/h1-6H2,(H3,7,9,10,15)(H3,8,11,12,16). The minimum absolute atomic E-state index is 0.493. The molecule has 0 spiro atoms. The molecule has 16 heavy (non-hydrogen) atoms. The summed E-state index contributed by atoms with van der Waals surface area (Å²) in [7, 11) is 0. The SMILES string of the molecule is NNP(=S)(NN)NCCNP(=S)(NN)NN. The maximum Gasteiger partial charge on any atom is 0.163 e. The molecule has 0 saturated heterocycles. The molecule has 98 valence electrons. The zero-order valence-electron chi connectivity index (χ0n) is 8.43. The summed E-state index contributed by atoms with van der Waals surface area (Å²) in [6.07, 6.45) is 0. The van der Waals surface area contributed by atoms with Crippen molar-refractivity contribution in [3.05, 3.63) is 0 Å². The lowest BCUT2D eigenvalue weighted by Gasteiger charge is -2.23. The Hall–Kier alpha value is 0.900. The van der Waals surface area contributed by atoms with Gasteiger partial charge in [0.15, 0.2) is 13.0 Å². The van der Waals surface area contributed by atoms with E-state index >= 15 is 0 Å². The predicted octanol–water partition coefficient (Wildman–Crippen LogP) is -3.53. The van der Waals surface area contributed by atoms with E-state index in [9.17, 15) is 0 Å². The molecule has 0 aromatic heterocycles. The van der Waals surface area contributed by atoms with Gasteiger partial charge in [-0.05, 0) is 23.6 Å². The molecular weight excluding hydrogens is 290 g/mol. The van der Waals surface area contributed by atoms with Crippen LogP contribution in [0.15, 0.2) is 0 Å². The summed E-state index contributed by atoms with van der Waals surface area (Å²) < 4.78 is 0. The zero-order chi connectivity index (χ0) is 12.7. The van der Waals surface area contributed by atoms with E-state index < -0.39 is 13.0 Å². The topological polar surface area (TPSA) is 176 Å². The van der Waals surface area contributed by atoms with Gasteiger partial charge in [-0.15, -0.1) is 0 Å². The Morgan fingerprint density at radius 1 is 0.688 bits per heavy atom. The average Bonchev–Trinajstić information content (AvgIpc) is 2.34. The van der Waals surface area contributed by atoms with Crippen molar-refractivity contribution in [1.82, 2.24) is 31.0 Å². The third-order valence-electron chi connectivity index (χ3n) is 1.52. The van der Waals surface area contributed by atoms with Crippen LogP contribution in [0.25, 0.3) is 0 Å². The van der Waals surface area contributed by atoms with Crippen LogP contribution in [0.1, 0.15) is 0 Å². The Morgan fingerprint density at radius 3 is 1.12 bits per heavy atom. The second-order valence-corrected chi connectivity index (χ2v) is 9.94. The Balaban J connectivity index is 3.92. The third-order valence-corrected chi connectivity index (χ3v) is 6.35. The van der Waals surface area contributed by atoms with E-state index in [0.29, 0.717) is 13.1 Å². The fraction of sp³-hybridized carbons (Fsp3) is 1.00. The molecule has 0 aliphatic rings. The van der Waals surface area contributed by atoms with E-state index in [1.165, 1.54) is 0 Å². The van der Waals surface area contributed by atoms with Crippen LogP contribution in [0.5, 0.6) is 0 Å². The Morgan fingerprint density at radius 2 is 0.938 bits per heavy atom. The van der Waals surface area contributed by atoms with Crippen molar-refractivity contribution in [2.45, 2.75) is 0 Å². The maximum atomic E-state index is 5.23. The molecule has 0 aliphatic carbocycles. The summed E-state index contributed by atoms with van der Waals surface area (Å²) in [6, 6.07) is 0. The van der Waals surface area contributed by atoms with Crippen LogP contribution in [0.2, 0.25) is 0 Å². The predicted molar refractivity (Wildman–Crippen MR) is 73.9 cm³/mol. The molecule has 0 saturated carbocycles. The average molecular weight is 308 g/mol. The van der Waals surface area contributed by atoms with Crippen LogP contribution >= 0.6 is 13.0 Å². The van der Waals surface area contributed by atoms with E-state index in [1.807, 2.05) is 0 Å². The van der Waals surface area contributed by atoms with Crippen molar-refractivity contribution in [3.63, 3.8) is 0 Å². The summed E-state index contributed by atoms with van der Waals surface area (Å²) >= 11 is 10.1. The number of hydrazine groups is 4. The van der Waals surface area contributed by atoms with Crippen LogP contribution < -0.4 is 54.3 Å². The van der Waals surface area contributed by atoms with E-state index in [-0.39, 0.29) is 0 Å². The first kappa shape index (κ1) is 16.9. The van der Waals surface area contributed by atoms with E-state index in [1.54, 1.807) is 0 Å². The van der Waals surface area contributed by atoms with Gasteiger partial charge in [0.2, 0.25) is 0 Å². The lowest BCUT2D eigenvalue weighted by molar-refractivity contribution is 0.803. The normalized spacial score (nSPS) is 13.0. The van der Waals surface area contributed by atoms with Crippen molar-refractivity contribution < 1.29 is 0 Å². The molecule has 0 radical (unpaired) electrons. The van der Waals surface area contributed by atoms with Crippen LogP contribution in [0, 0.1) is 0 Å². The van der Waals surface area contributed by atoms with Crippen molar-refractivity contribution in [2.75, 3.05) is 13.1 Å². The lowest BCUT2D eigenvalue weighted by atomic mass is 10.7. The molecule has 0 aromatic rings. The molecule has 14 N–H and O–H groups in total. The van der Waals surface area contributed by atoms with Gasteiger partial charge in [0, 0.05) is 13.1 Å². The molecule has 0 bridgehead atoms. The quantitative estimate of drug-likeness (QED) is 0.0880. The number of nitrogens with one attached hydrogen (secondary N) is 6. The molecule has 0 fully saturated rings.